The number of allylic oxidation sites excluding steroid dienone is 4. The summed E-state index contributed by atoms with van der Waals surface area (Å²) in [5.74, 6) is 0. The summed E-state index contributed by atoms with van der Waals surface area (Å²) >= 11 is 0. The largest absolute Gasteiger partial charge is 0.251 e. The van der Waals surface area contributed by atoms with Gasteiger partial charge >= 0.3 is 0 Å². The minimum atomic E-state index is 1.01. The van der Waals surface area contributed by atoms with Crippen molar-refractivity contribution in [2.75, 3.05) is 0 Å². The molecule has 0 atom stereocenters. The third kappa shape index (κ3) is 45.7. The molecule has 2 heteroatoms. The van der Waals surface area contributed by atoms with Gasteiger partial charge in [0.25, 0.3) is 0 Å². The summed E-state index contributed by atoms with van der Waals surface area (Å²) < 4.78 is 0. The molecule has 2 nitrogen and oxygen atoms in total. The second kappa shape index (κ2) is 59.4. The third-order valence-electron chi connectivity index (χ3n) is 17.3. The highest BCUT2D eigenvalue weighted by molar-refractivity contribution is 6.43. The predicted octanol–water partition coefficient (Wildman–Crippen LogP) is 27.9. The SMILES string of the molecule is CCCCCCCCCCCCCCCCCCCCCC=CCCCc1ccccc1N=C(CCCCCC)C(CCCCCC)=Nc1ccccc1CCCC=CCCCCCCCCCCCCCCCCCCCCC. The monoisotopic (exact) mass is 1100 g/mol. The van der Waals surface area contributed by atoms with Crippen molar-refractivity contribution in [3.05, 3.63) is 84.0 Å². The van der Waals surface area contributed by atoms with Crippen molar-refractivity contribution in [1.29, 1.82) is 0 Å². The Morgan fingerprint density at radius 3 is 0.725 bits per heavy atom. The third-order valence-corrected chi connectivity index (χ3v) is 17.3. The minimum absolute atomic E-state index is 1.01. The molecule has 0 amide bonds. The second-order valence-electron chi connectivity index (χ2n) is 25.0. The average Bonchev–Trinajstić information content (AvgIpc) is 3.48. The molecular weight excluding hydrogens is 965 g/mol. The van der Waals surface area contributed by atoms with E-state index in [1.807, 2.05) is 0 Å². The van der Waals surface area contributed by atoms with Crippen LogP contribution >= 0.6 is 0 Å². The molecule has 0 aliphatic carbocycles. The van der Waals surface area contributed by atoms with Crippen LogP contribution in [-0.2, 0) is 12.8 Å². The highest BCUT2D eigenvalue weighted by Gasteiger charge is 2.14. The van der Waals surface area contributed by atoms with Crippen LogP contribution in [0.5, 0.6) is 0 Å². The molecule has 0 radical (unpaired) electrons. The summed E-state index contributed by atoms with van der Waals surface area (Å²) in [5, 5.41) is 0. The van der Waals surface area contributed by atoms with E-state index in [1.54, 1.807) is 0 Å². The van der Waals surface area contributed by atoms with Crippen LogP contribution in [0.1, 0.15) is 386 Å². The van der Waals surface area contributed by atoms with Crippen molar-refractivity contribution in [3.8, 4) is 0 Å². The second-order valence-corrected chi connectivity index (χ2v) is 25.0. The first kappa shape index (κ1) is 73.4. The molecule has 0 aliphatic heterocycles. The van der Waals surface area contributed by atoms with Crippen LogP contribution in [0.25, 0.3) is 0 Å². The highest BCUT2D eigenvalue weighted by Crippen LogP contribution is 2.27. The molecule has 0 aromatic heterocycles. The molecule has 0 saturated heterocycles. The predicted molar refractivity (Wildman–Crippen MR) is 365 cm³/mol. The molecule has 0 heterocycles. The van der Waals surface area contributed by atoms with Crippen molar-refractivity contribution in [2.45, 2.75) is 387 Å². The molecule has 0 aliphatic rings. The Labute approximate surface area is 501 Å². The quantitative estimate of drug-likeness (QED) is 0.0358. The maximum atomic E-state index is 5.61. The van der Waals surface area contributed by atoms with Gasteiger partial charge in [-0.2, -0.15) is 0 Å². The summed E-state index contributed by atoms with van der Waals surface area (Å²) in [7, 11) is 0. The molecule has 0 bridgehead atoms. The van der Waals surface area contributed by atoms with Crippen LogP contribution in [0.2, 0.25) is 0 Å². The lowest BCUT2D eigenvalue weighted by Gasteiger charge is -2.14. The number of hydrogen-bond acceptors (Lipinski definition) is 2. The smallest absolute Gasteiger partial charge is 0.0665 e. The van der Waals surface area contributed by atoms with Gasteiger partial charge in [0, 0.05) is 0 Å². The number of aliphatic imine (C=N–C) groups is 2. The molecule has 2 rings (SSSR count). The topological polar surface area (TPSA) is 24.7 Å². The first-order chi connectivity index (χ1) is 39.7. The molecule has 0 fully saturated rings. The van der Waals surface area contributed by atoms with Gasteiger partial charge in [-0.25, -0.2) is 0 Å². The fourth-order valence-corrected chi connectivity index (χ4v) is 11.9. The summed E-state index contributed by atoms with van der Waals surface area (Å²) in [6.45, 7) is 9.26. The van der Waals surface area contributed by atoms with Crippen LogP contribution in [0.3, 0.4) is 0 Å². The minimum Gasteiger partial charge on any atom is -0.251 e. The first-order valence-corrected chi connectivity index (χ1v) is 36.3. The van der Waals surface area contributed by atoms with E-state index in [1.165, 1.54) is 344 Å². The van der Waals surface area contributed by atoms with Gasteiger partial charge in [0.05, 0.1) is 22.8 Å². The molecule has 0 spiro atoms. The van der Waals surface area contributed by atoms with E-state index in [2.05, 4.69) is 101 Å². The number of rotatable bonds is 61. The van der Waals surface area contributed by atoms with Crippen molar-refractivity contribution in [3.63, 3.8) is 0 Å². The highest BCUT2D eigenvalue weighted by atomic mass is 14.8. The molecule has 2 aromatic carbocycles. The fraction of sp³-hybridized carbons (Fsp3) is 0.769. The van der Waals surface area contributed by atoms with E-state index >= 15 is 0 Å². The number of hydrogen-bond donors (Lipinski definition) is 0. The number of benzene rings is 2. The molecule has 458 valence electrons. The standard InChI is InChI=1S/C78H136N2/c1-5-9-13-17-19-21-23-25-27-29-31-33-35-37-39-41-43-45-47-49-51-53-55-57-65-73-67-61-63-69-75(73)79-77(71-59-15-11-7-3)78(72-60-16-12-8-4)80-76-70-64-62-68-74(76)66-58-56-54-52-50-48-46-44-42-40-38-36-34-32-30-28-26-24-22-20-18-14-10-6-2/h51-54,61-64,67-70H,5-50,55-60,65-66,71-72H2,1-4H3. The van der Waals surface area contributed by atoms with Crippen LogP contribution in [-0.4, -0.2) is 11.4 Å². The van der Waals surface area contributed by atoms with Gasteiger partial charge in [0.1, 0.15) is 0 Å². The van der Waals surface area contributed by atoms with Gasteiger partial charge in [-0.1, -0.05) is 358 Å². The van der Waals surface area contributed by atoms with E-state index in [4.69, 9.17) is 9.98 Å². The molecule has 2 aromatic rings. The van der Waals surface area contributed by atoms with Crippen LogP contribution in [0.15, 0.2) is 82.8 Å². The fourth-order valence-electron chi connectivity index (χ4n) is 11.9. The van der Waals surface area contributed by atoms with Crippen molar-refractivity contribution < 1.29 is 0 Å². The molecule has 80 heavy (non-hydrogen) atoms. The average molecular weight is 1100 g/mol. The Balaban J connectivity index is 1.77. The van der Waals surface area contributed by atoms with Gasteiger partial charge in [0.2, 0.25) is 0 Å². The Bertz CT molecular complexity index is 1590. The Kier molecular flexibility index (Phi) is 54.5. The molecule has 0 N–H and O–H groups in total. The zero-order chi connectivity index (χ0) is 57.0. The summed E-state index contributed by atoms with van der Waals surface area (Å²) in [4.78, 5) is 11.2. The zero-order valence-corrected chi connectivity index (χ0v) is 54.4. The lowest BCUT2D eigenvalue weighted by atomic mass is 9.99. The van der Waals surface area contributed by atoms with Gasteiger partial charge in [-0.15, -0.1) is 0 Å². The van der Waals surface area contributed by atoms with Crippen molar-refractivity contribution in [1.82, 2.24) is 0 Å². The number of para-hydroxylation sites is 2. The normalized spacial score (nSPS) is 12.3. The van der Waals surface area contributed by atoms with Gasteiger partial charge in [-0.3, -0.25) is 9.98 Å². The number of aryl methyl sites for hydroxylation is 2. The number of unbranched alkanes of at least 4 members (excludes halogenated alkanes) is 46. The van der Waals surface area contributed by atoms with Gasteiger partial charge in [0.15, 0.2) is 0 Å². The maximum absolute atomic E-state index is 5.61. The van der Waals surface area contributed by atoms with Crippen LogP contribution in [0.4, 0.5) is 11.4 Å². The lowest BCUT2D eigenvalue weighted by Crippen LogP contribution is -2.15. The maximum Gasteiger partial charge on any atom is 0.0665 e. The van der Waals surface area contributed by atoms with Crippen molar-refractivity contribution in [2.24, 2.45) is 9.98 Å². The number of nitrogens with zero attached hydrogens (tertiary/aromatic N) is 2. The van der Waals surface area contributed by atoms with Gasteiger partial charge in [-0.05, 0) is 113 Å². The van der Waals surface area contributed by atoms with E-state index in [0.29, 0.717) is 0 Å². The van der Waals surface area contributed by atoms with E-state index in [9.17, 15) is 0 Å². The first-order valence-electron chi connectivity index (χ1n) is 36.3. The summed E-state index contributed by atoms with van der Waals surface area (Å²) in [6, 6.07) is 18.0. The Morgan fingerprint density at radius 2 is 0.463 bits per heavy atom. The van der Waals surface area contributed by atoms with E-state index < -0.39 is 0 Å². The van der Waals surface area contributed by atoms with E-state index in [-0.39, 0.29) is 0 Å². The molecule has 0 saturated carbocycles. The zero-order valence-electron chi connectivity index (χ0n) is 54.4. The van der Waals surface area contributed by atoms with E-state index in [0.717, 1.165) is 49.9 Å². The van der Waals surface area contributed by atoms with Gasteiger partial charge < -0.3 is 0 Å². The lowest BCUT2D eigenvalue weighted by molar-refractivity contribution is 0.523. The summed E-state index contributed by atoms with van der Waals surface area (Å²) in [5.41, 5.74) is 7.57. The molecule has 0 unspecified atom stereocenters. The molecular formula is C78H136N2. The van der Waals surface area contributed by atoms with Crippen LogP contribution < -0.4 is 0 Å². The van der Waals surface area contributed by atoms with Crippen molar-refractivity contribution >= 4 is 22.8 Å². The van der Waals surface area contributed by atoms with Crippen LogP contribution in [0, 0.1) is 0 Å². The Hall–Kier alpha value is -2.74. The Morgan fingerprint density at radius 1 is 0.250 bits per heavy atom. The summed E-state index contributed by atoms with van der Waals surface area (Å²) in [6.07, 6.45) is 85.9.